The molecule has 3 unspecified atom stereocenters. The Labute approximate surface area is 107 Å². The van der Waals surface area contributed by atoms with Crippen molar-refractivity contribution in [3.05, 3.63) is 0 Å². The first-order valence-electron chi connectivity index (χ1n) is 7.75. The van der Waals surface area contributed by atoms with Gasteiger partial charge in [0.15, 0.2) is 0 Å². The molecule has 2 nitrogen and oxygen atoms in total. The van der Waals surface area contributed by atoms with E-state index in [1.165, 1.54) is 64.6 Å². The van der Waals surface area contributed by atoms with Crippen LogP contribution >= 0.6 is 0 Å². The van der Waals surface area contributed by atoms with Crippen LogP contribution in [-0.2, 0) is 0 Å². The van der Waals surface area contributed by atoms with E-state index in [1.807, 2.05) is 0 Å². The molecule has 0 aromatic rings. The van der Waals surface area contributed by atoms with Gasteiger partial charge in [-0.15, -0.1) is 0 Å². The van der Waals surface area contributed by atoms with Gasteiger partial charge in [0.25, 0.3) is 0 Å². The molecule has 0 aromatic carbocycles. The zero-order chi connectivity index (χ0) is 12.1. The number of rotatable bonds is 1. The third-order valence-electron chi connectivity index (χ3n) is 4.75. The van der Waals surface area contributed by atoms with Gasteiger partial charge in [-0.05, 0) is 58.2 Å². The normalized spacial score (nSPS) is 38.1. The second-order valence-corrected chi connectivity index (χ2v) is 6.22. The Morgan fingerprint density at radius 3 is 2.59 bits per heavy atom. The molecule has 1 aliphatic heterocycles. The third-order valence-corrected chi connectivity index (χ3v) is 4.75. The minimum Gasteiger partial charge on any atom is -0.314 e. The lowest BCUT2D eigenvalue weighted by Gasteiger charge is -2.37. The molecule has 17 heavy (non-hydrogen) atoms. The average Bonchev–Trinajstić information content (AvgIpc) is 2.50. The van der Waals surface area contributed by atoms with Gasteiger partial charge in [0, 0.05) is 12.1 Å². The van der Waals surface area contributed by atoms with E-state index < -0.39 is 0 Å². The number of nitrogens with one attached hydrogen (secondary N) is 1. The van der Waals surface area contributed by atoms with E-state index in [9.17, 15) is 0 Å². The van der Waals surface area contributed by atoms with Gasteiger partial charge >= 0.3 is 0 Å². The highest BCUT2D eigenvalue weighted by Gasteiger charge is 2.26. The molecule has 1 N–H and O–H groups in total. The average molecular weight is 238 g/mol. The first-order valence-corrected chi connectivity index (χ1v) is 7.75. The van der Waals surface area contributed by atoms with Crippen molar-refractivity contribution in [2.75, 3.05) is 19.6 Å². The molecule has 0 bridgehead atoms. The van der Waals surface area contributed by atoms with Crippen LogP contribution in [0.1, 0.15) is 58.8 Å². The fourth-order valence-electron chi connectivity index (χ4n) is 3.55. The van der Waals surface area contributed by atoms with Gasteiger partial charge in [-0.1, -0.05) is 26.2 Å². The Morgan fingerprint density at radius 1 is 0.882 bits per heavy atom. The van der Waals surface area contributed by atoms with Crippen LogP contribution < -0.4 is 5.32 Å². The van der Waals surface area contributed by atoms with Gasteiger partial charge in [-0.25, -0.2) is 0 Å². The smallest absolute Gasteiger partial charge is 0.0121 e. The highest BCUT2D eigenvalue weighted by atomic mass is 15.2. The molecule has 0 amide bonds. The Balaban J connectivity index is 1.92. The van der Waals surface area contributed by atoms with E-state index in [1.54, 1.807) is 0 Å². The molecular weight excluding hydrogens is 208 g/mol. The number of nitrogens with zero attached hydrogens (tertiary/aromatic N) is 1. The fraction of sp³-hybridized carbons (Fsp3) is 1.00. The van der Waals surface area contributed by atoms with Crippen molar-refractivity contribution in [3.8, 4) is 0 Å². The molecule has 0 aromatic heterocycles. The number of hydrogen-bond acceptors (Lipinski definition) is 2. The summed E-state index contributed by atoms with van der Waals surface area (Å²) in [6.07, 6.45) is 9.93. The molecule has 0 radical (unpaired) electrons. The van der Waals surface area contributed by atoms with Crippen molar-refractivity contribution in [1.82, 2.24) is 10.2 Å². The maximum Gasteiger partial charge on any atom is 0.0121 e. The van der Waals surface area contributed by atoms with E-state index in [-0.39, 0.29) is 0 Å². The molecule has 3 atom stereocenters. The minimum atomic E-state index is 0.707. The maximum atomic E-state index is 3.60. The van der Waals surface area contributed by atoms with Crippen LogP contribution in [-0.4, -0.2) is 36.6 Å². The predicted molar refractivity (Wildman–Crippen MR) is 74.3 cm³/mol. The van der Waals surface area contributed by atoms with Gasteiger partial charge in [0.2, 0.25) is 0 Å². The maximum absolute atomic E-state index is 3.60. The van der Waals surface area contributed by atoms with Crippen molar-refractivity contribution >= 4 is 0 Å². The van der Waals surface area contributed by atoms with E-state index in [2.05, 4.69) is 24.1 Å². The summed E-state index contributed by atoms with van der Waals surface area (Å²) in [7, 11) is 0. The lowest BCUT2D eigenvalue weighted by Crippen LogP contribution is -2.45. The van der Waals surface area contributed by atoms with Gasteiger partial charge in [0.1, 0.15) is 0 Å². The summed E-state index contributed by atoms with van der Waals surface area (Å²) in [5, 5.41) is 3.60. The number of hydrogen-bond donors (Lipinski definition) is 1. The molecule has 2 fully saturated rings. The van der Waals surface area contributed by atoms with Crippen LogP contribution in [0.3, 0.4) is 0 Å². The minimum absolute atomic E-state index is 0.707. The molecule has 1 heterocycles. The monoisotopic (exact) mass is 238 g/mol. The molecule has 1 saturated carbocycles. The van der Waals surface area contributed by atoms with E-state index >= 15 is 0 Å². The standard InChI is InChI=1S/C15H30N2/c1-13-7-4-3-5-8-15(13)17-11-6-10-16-14(2)9-12-17/h13-16H,3-12H2,1-2H3. The highest BCUT2D eigenvalue weighted by Crippen LogP contribution is 2.27. The summed E-state index contributed by atoms with van der Waals surface area (Å²) >= 11 is 0. The first-order chi connectivity index (χ1) is 8.27. The van der Waals surface area contributed by atoms with Crippen LogP contribution in [0.5, 0.6) is 0 Å². The van der Waals surface area contributed by atoms with Gasteiger partial charge < -0.3 is 10.2 Å². The molecule has 0 spiro atoms. The first kappa shape index (κ1) is 13.4. The molecular formula is C15H30N2. The van der Waals surface area contributed by atoms with Crippen molar-refractivity contribution in [2.24, 2.45) is 5.92 Å². The summed E-state index contributed by atoms with van der Waals surface area (Å²) in [5.74, 6) is 0.917. The lowest BCUT2D eigenvalue weighted by molar-refractivity contribution is 0.125. The Morgan fingerprint density at radius 2 is 1.71 bits per heavy atom. The van der Waals surface area contributed by atoms with Gasteiger partial charge in [-0.3, -0.25) is 0 Å². The third kappa shape index (κ3) is 3.96. The Kier molecular flexibility index (Phi) is 5.30. The van der Waals surface area contributed by atoms with Crippen molar-refractivity contribution in [3.63, 3.8) is 0 Å². The molecule has 2 heteroatoms. The van der Waals surface area contributed by atoms with Gasteiger partial charge in [-0.2, -0.15) is 0 Å². The summed E-state index contributed by atoms with van der Waals surface area (Å²) < 4.78 is 0. The van der Waals surface area contributed by atoms with Crippen LogP contribution in [0.4, 0.5) is 0 Å². The van der Waals surface area contributed by atoms with Gasteiger partial charge in [0.05, 0.1) is 0 Å². The van der Waals surface area contributed by atoms with E-state index in [0.717, 1.165) is 12.0 Å². The molecule has 2 aliphatic rings. The zero-order valence-corrected chi connectivity index (χ0v) is 11.8. The molecule has 2 rings (SSSR count). The topological polar surface area (TPSA) is 15.3 Å². The van der Waals surface area contributed by atoms with Crippen molar-refractivity contribution in [2.45, 2.75) is 70.9 Å². The predicted octanol–water partition coefficient (Wildman–Crippen LogP) is 3.03. The highest BCUT2D eigenvalue weighted by molar-refractivity contribution is 4.82. The summed E-state index contributed by atoms with van der Waals surface area (Å²) in [4.78, 5) is 2.81. The lowest BCUT2D eigenvalue weighted by atomic mass is 9.94. The van der Waals surface area contributed by atoms with E-state index in [0.29, 0.717) is 6.04 Å². The van der Waals surface area contributed by atoms with Crippen LogP contribution in [0.2, 0.25) is 0 Å². The summed E-state index contributed by atoms with van der Waals surface area (Å²) in [5.41, 5.74) is 0. The van der Waals surface area contributed by atoms with Crippen LogP contribution in [0.25, 0.3) is 0 Å². The summed E-state index contributed by atoms with van der Waals surface area (Å²) in [6, 6.07) is 1.58. The van der Waals surface area contributed by atoms with E-state index in [4.69, 9.17) is 0 Å². The fourth-order valence-corrected chi connectivity index (χ4v) is 3.55. The van der Waals surface area contributed by atoms with Crippen molar-refractivity contribution < 1.29 is 0 Å². The van der Waals surface area contributed by atoms with Crippen LogP contribution in [0.15, 0.2) is 0 Å². The quantitative estimate of drug-likeness (QED) is 0.706. The Bertz CT molecular complexity index is 217. The Hall–Kier alpha value is -0.0800. The summed E-state index contributed by atoms with van der Waals surface area (Å²) in [6.45, 7) is 8.65. The molecule has 1 aliphatic carbocycles. The zero-order valence-electron chi connectivity index (χ0n) is 11.8. The van der Waals surface area contributed by atoms with Crippen LogP contribution in [0, 0.1) is 5.92 Å². The molecule has 100 valence electrons. The van der Waals surface area contributed by atoms with Crippen molar-refractivity contribution in [1.29, 1.82) is 0 Å². The second-order valence-electron chi connectivity index (χ2n) is 6.22. The second kappa shape index (κ2) is 6.75. The largest absolute Gasteiger partial charge is 0.314 e. The molecule has 1 saturated heterocycles. The SMILES string of the molecule is CC1CCN(C2CCCCCC2C)CCCN1.